The van der Waals surface area contributed by atoms with Crippen molar-refractivity contribution in [2.24, 2.45) is 5.73 Å². The largest absolute Gasteiger partial charge is 0.489 e. The van der Waals surface area contributed by atoms with E-state index < -0.39 is 0 Å². The van der Waals surface area contributed by atoms with E-state index in [1.165, 1.54) is 5.56 Å². The molecule has 3 heteroatoms. The Morgan fingerprint density at radius 3 is 2.50 bits per heavy atom. The Morgan fingerprint density at radius 1 is 1.36 bits per heavy atom. The van der Waals surface area contributed by atoms with Gasteiger partial charge in [0.1, 0.15) is 11.9 Å². The molecule has 2 nitrogen and oxygen atoms in total. The third kappa shape index (κ3) is 3.00. The molecule has 0 aromatic heterocycles. The first-order valence-electron chi connectivity index (χ1n) is 4.69. The number of nitrogens with two attached hydrogens (primary N) is 1. The number of aryl methyl sites for hydroxylation is 1. The number of rotatable bonds is 3. The minimum absolute atomic E-state index is 0.0376. The lowest BCUT2D eigenvalue weighted by Gasteiger charge is -2.18. The van der Waals surface area contributed by atoms with E-state index in [0.29, 0.717) is 0 Å². The summed E-state index contributed by atoms with van der Waals surface area (Å²) >= 11 is 3.44. The summed E-state index contributed by atoms with van der Waals surface area (Å²) in [7, 11) is 0. The molecule has 1 rings (SSSR count). The molecule has 0 aliphatic rings. The summed E-state index contributed by atoms with van der Waals surface area (Å²) in [5.41, 5.74) is 6.88. The first-order valence-corrected chi connectivity index (χ1v) is 5.48. The molecule has 1 aromatic carbocycles. The molecule has 0 bridgehead atoms. The van der Waals surface area contributed by atoms with Gasteiger partial charge < -0.3 is 10.5 Å². The Labute approximate surface area is 93.6 Å². The highest BCUT2D eigenvalue weighted by molar-refractivity contribution is 9.10. The molecular formula is C11H16BrNO. The monoisotopic (exact) mass is 257 g/mol. The summed E-state index contributed by atoms with van der Waals surface area (Å²) in [6.07, 6.45) is 0.0376. The van der Waals surface area contributed by atoms with Crippen LogP contribution in [0.4, 0.5) is 0 Å². The van der Waals surface area contributed by atoms with Gasteiger partial charge >= 0.3 is 0 Å². The average molecular weight is 258 g/mol. The van der Waals surface area contributed by atoms with Crippen LogP contribution in [0.5, 0.6) is 5.75 Å². The van der Waals surface area contributed by atoms with Crippen molar-refractivity contribution in [3.05, 3.63) is 28.2 Å². The molecule has 0 aliphatic heterocycles. The van der Waals surface area contributed by atoms with Gasteiger partial charge in [0.25, 0.3) is 0 Å². The topological polar surface area (TPSA) is 35.2 Å². The van der Waals surface area contributed by atoms with Crippen LogP contribution in [-0.2, 0) is 0 Å². The van der Waals surface area contributed by atoms with Crippen LogP contribution in [0, 0.1) is 6.92 Å². The van der Waals surface area contributed by atoms with E-state index in [1.54, 1.807) is 0 Å². The number of hydrogen-bond acceptors (Lipinski definition) is 2. The predicted octanol–water partition coefficient (Wildman–Crippen LogP) is 2.87. The molecule has 0 radical (unpaired) electrons. The van der Waals surface area contributed by atoms with Crippen LogP contribution in [-0.4, -0.2) is 12.1 Å². The Kier molecular flexibility index (Phi) is 3.96. The van der Waals surface area contributed by atoms with Crippen molar-refractivity contribution < 1.29 is 4.74 Å². The van der Waals surface area contributed by atoms with Crippen LogP contribution in [0.1, 0.15) is 19.4 Å². The molecule has 1 unspecified atom stereocenters. The second kappa shape index (κ2) is 4.80. The van der Waals surface area contributed by atoms with E-state index in [1.807, 2.05) is 39.0 Å². The molecule has 0 aliphatic carbocycles. The quantitative estimate of drug-likeness (QED) is 0.904. The fourth-order valence-corrected chi connectivity index (χ4v) is 1.26. The van der Waals surface area contributed by atoms with Gasteiger partial charge in [0.05, 0.1) is 0 Å². The van der Waals surface area contributed by atoms with Crippen LogP contribution < -0.4 is 10.5 Å². The van der Waals surface area contributed by atoms with Gasteiger partial charge in [-0.05, 0) is 44.5 Å². The smallest absolute Gasteiger partial charge is 0.120 e. The highest BCUT2D eigenvalue weighted by atomic mass is 79.9. The van der Waals surface area contributed by atoms with Crippen molar-refractivity contribution in [3.8, 4) is 5.75 Å². The second-order valence-electron chi connectivity index (χ2n) is 3.59. The number of hydrogen-bond donors (Lipinski definition) is 1. The Hall–Kier alpha value is -0.540. The maximum absolute atomic E-state index is 5.72. The Balaban J connectivity index is 2.73. The molecule has 0 spiro atoms. The molecular weight excluding hydrogens is 242 g/mol. The fourth-order valence-electron chi connectivity index (χ4n) is 1.01. The minimum atomic E-state index is 0.0376. The third-order valence-electron chi connectivity index (χ3n) is 2.19. The van der Waals surface area contributed by atoms with E-state index >= 15 is 0 Å². The van der Waals surface area contributed by atoms with Crippen molar-refractivity contribution in [1.29, 1.82) is 0 Å². The zero-order valence-corrected chi connectivity index (χ0v) is 10.3. The van der Waals surface area contributed by atoms with Gasteiger partial charge in [-0.25, -0.2) is 0 Å². The van der Waals surface area contributed by atoms with Gasteiger partial charge in [0.15, 0.2) is 0 Å². The van der Waals surface area contributed by atoms with Crippen molar-refractivity contribution >= 4 is 15.9 Å². The fraction of sp³-hybridized carbons (Fsp3) is 0.455. The van der Waals surface area contributed by atoms with E-state index in [2.05, 4.69) is 15.9 Å². The van der Waals surface area contributed by atoms with Gasteiger partial charge in [-0.2, -0.15) is 0 Å². The van der Waals surface area contributed by atoms with Crippen LogP contribution in [0.3, 0.4) is 0 Å². The lowest BCUT2D eigenvalue weighted by atomic mass is 10.2. The molecule has 2 N–H and O–H groups in total. The minimum Gasteiger partial charge on any atom is -0.489 e. The summed E-state index contributed by atoms with van der Waals surface area (Å²) in [5.74, 6) is 0.871. The molecule has 0 saturated heterocycles. The number of benzene rings is 1. The van der Waals surface area contributed by atoms with E-state index in [4.69, 9.17) is 10.5 Å². The Bertz CT molecular complexity index is 312. The summed E-state index contributed by atoms with van der Waals surface area (Å²) in [6.45, 7) is 5.95. The van der Waals surface area contributed by atoms with Gasteiger partial charge in [0.2, 0.25) is 0 Å². The molecule has 1 aromatic rings. The highest BCUT2D eigenvalue weighted by Gasteiger charge is 2.09. The second-order valence-corrected chi connectivity index (χ2v) is 4.45. The van der Waals surface area contributed by atoms with Gasteiger partial charge in [-0.15, -0.1) is 0 Å². The van der Waals surface area contributed by atoms with Crippen LogP contribution in [0.15, 0.2) is 22.7 Å². The molecule has 2 atom stereocenters. The maximum Gasteiger partial charge on any atom is 0.120 e. The first kappa shape index (κ1) is 11.5. The zero-order chi connectivity index (χ0) is 10.7. The zero-order valence-electron chi connectivity index (χ0n) is 8.75. The summed E-state index contributed by atoms with van der Waals surface area (Å²) < 4.78 is 6.76. The van der Waals surface area contributed by atoms with Crippen molar-refractivity contribution in [2.45, 2.75) is 32.9 Å². The van der Waals surface area contributed by atoms with Crippen molar-refractivity contribution in [3.63, 3.8) is 0 Å². The lowest BCUT2D eigenvalue weighted by molar-refractivity contribution is 0.196. The summed E-state index contributed by atoms with van der Waals surface area (Å²) in [6, 6.07) is 5.97. The van der Waals surface area contributed by atoms with Crippen LogP contribution >= 0.6 is 15.9 Å². The SMILES string of the molecule is Cc1cc(OC(C)[C@@H](C)N)ccc1Br. The standard InChI is InChI=1S/C11H16BrNO/c1-7-6-10(4-5-11(7)12)14-9(3)8(2)13/h4-6,8-9H,13H2,1-3H3/t8-,9?/m1/s1. The van der Waals surface area contributed by atoms with Gasteiger partial charge in [-0.3, -0.25) is 0 Å². The Morgan fingerprint density at radius 2 is 2.00 bits per heavy atom. The van der Waals surface area contributed by atoms with Crippen molar-refractivity contribution in [1.82, 2.24) is 0 Å². The third-order valence-corrected chi connectivity index (χ3v) is 3.08. The molecule has 78 valence electrons. The van der Waals surface area contributed by atoms with Crippen molar-refractivity contribution in [2.75, 3.05) is 0 Å². The van der Waals surface area contributed by atoms with Gasteiger partial charge in [-0.1, -0.05) is 15.9 Å². The summed E-state index contributed by atoms with van der Waals surface area (Å²) in [5, 5.41) is 0. The normalized spacial score (nSPS) is 14.9. The van der Waals surface area contributed by atoms with E-state index in [0.717, 1.165) is 10.2 Å². The van der Waals surface area contributed by atoms with Crippen LogP contribution in [0.2, 0.25) is 0 Å². The van der Waals surface area contributed by atoms with E-state index in [9.17, 15) is 0 Å². The predicted molar refractivity (Wildman–Crippen MR) is 62.6 cm³/mol. The summed E-state index contributed by atoms with van der Waals surface area (Å²) in [4.78, 5) is 0. The lowest BCUT2D eigenvalue weighted by Crippen LogP contribution is -2.33. The molecule has 14 heavy (non-hydrogen) atoms. The molecule has 0 heterocycles. The van der Waals surface area contributed by atoms with E-state index in [-0.39, 0.29) is 12.1 Å². The number of ether oxygens (including phenoxy) is 1. The molecule has 0 fully saturated rings. The molecule has 0 saturated carbocycles. The highest BCUT2D eigenvalue weighted by Crippen LogP contribution is 2.22. The maximum atomic E-state index is 5.72. The first-order chi connectivity index (χ1) is 6.50. The number of halogens is 1. The van der Waals surface area contributed by atoms with Gasteiger partial charge in [0, 0.05) is 10.5 Å². The molecule has 0 amide bonds. The van der Waals surface area contributed by atoms with Crippen LogP contribution in [0.25, 0.3) is 0 Å². The average Bonchev–Trinajstić information content (AvgIpc) is 2.11.